The van der Waals surface area contributed by atoms with E-state index in [-0.39, 0.29) is 6.04 Å². The summed E-state index contributed by atoms with van der Waals surface area (Å²) in [5, 5.41) is 6.76. The van der Waals surface area contributed by atoms with Crippen LogP contribution < -0.4 is 5.32 Å². The highest BCUT2D eigenvalue weighted by Gasteiger charge is 2.14. The second-order valence-corrected chi connectivity index (χ2v) is 3.31. The number of hydrogen-bond donors (Lipinski definition) is 1. The minimum Gasteiger partial charge on any atom is -0.338 e. The maximum absolute atomic E-state index is 5.04. The van der Waals surface area contributed by atoms with Crippen LogP contribution in [0.5, 0.6) is 0 Å². The molecule has 1 aromatic heterocycles. The second kappa shape index (κ2) is 4.70. The van der Waals surface area contributed by atoms with E-state index in [0.717, 1.165) is 6.42 Å². The Morgan fingerprint density at radius 1 is 1.33 bits per heavy atom. The lowest BCUT2D eigenvalue weighted by Gasteiger charge is -2.11. The third-order valence-corrected chi connectivity index (χ3v) is 2.31. The van der Waals surface area contributed by atoms with Gasteiger partial charge in [0, 0.05) is 0 Å². The van der Waals surface area contributed by atoms with Crippen LogP contribution in [0.1, 0.15) is 17.5 Å². The van der Waals surface area contributed by atoms with Crippen molar-refractivity contribution in [1.29, 1.82) is 0 Å². The average molecular weight is 203 g/mol. The molecule has 1 heterocycles. The van der Waals surface area contributed by atoms with Gasteiger partial charge in [-0.15, -0.1) is 0 Å². The van der Waals surface area contributed by atoms with Gasteiger partial charge in [-0.05, 0) is 19.0 Å². The maximum atomic E-state index is 5.04. The Morgan fingerprint density at radius 2 is 2.13 bits per heavy atom. The summed E-state index contributed by atoms with van der Waals surface area (Å²) < 4.78 is 5.04. The van der Waals surface area contributed by atoms with Crippen molar-refractivity contribution in [2.45, 2.75) is 12.5 Å². The summed E-state index contributed by atoms with van der Waals surface area (Å²) in [6.07, 6.45) is 2.27. The number of rotatable bonds is 4. The first-order valence-electron chi connectivity index (χ1n) is 4.88. The number of likely N-dealkylation sites (N-methyl/N-ethyl adjacent to an activating group) is 1. The Hall–Kier alpha value is -1.68. The van der Waals surface area contributed by atoms with Gasteiger partial charge in [0.1, 0.15) is 0 Å². The summed E-state index contributed by atoms with van der Waals surface area (Å²) in [5.41, 5.74) is 1.25. The summed E-state index contributed by atoms with van der Waals surface area (Å²) in [6.45, 7) is 0. The van der Waals surface area contributed by atoms with Crippen molar-refractivity contribution in [2.24, 2.45) is 0 Å². The Bertz CT molecular complexity index is 385. The molecule has 0 fully saturated rings. The lowest BCUT2D eigenvalue weighted by Crippen LogP contribution is -2.19. The van der Waals surface area contributed by atoms with Crippen LogP contribution in [-0.2, 0) is 6.42 Å². The van der Waals surface area contributed by atoms with Crippen LogP contribution in [0.15, 0.2) is 41.2 Å². The second-order valence-electron chi connectivity index (χ2n) is 3.31. The topological polar surface area (TPSA) is 51.0 Å². The van der Waals surface area contributed by atoms with Gasteiger partial charge >= 0.3 is 0 Å². The van der Waals surface area contributed by atoms with Gasteiger partial charge in [-0.25, -0.2) is 0 Å². The molecule has 0 saturated carbocycles. The molecule has 0 unspecified atom stereocenters. The first-order valence-corrected chi connectivity index (χ1v) is 4.88. The minimum atomic E-state index is 0.0786. The zero-order valence-electron chi connectivity index (χ0n) is 8.55. The van der Waals surface area contributed by atoms with Crippen LogP contribution >= 0.6 is 0 Å². The van der Waals surface area contributed by atoms with Gasteiger partial charge in [0.25, 0.3) is 0 Å². The molecule has 0 spiro atoms. The van der Waals surface area contributed by atoms with E-state index in [9.17, 15) is 0 Å². The minimum absolute atomic E-state index is 0.0786. The standard InChI is InChI=1S/C11H13N3O/c1-12-10(11-13-8-14-15-11)7-9-5-3-2-4-6-9/h2-6,8,10,12H,7H2,1H3/t10-/m1/s1. The van der Waals surface area contributed by atoms with Gasteiger partial charge in [0.15, 0.2) is 6.33 Å². The van der Waals surface area contributed by atoms with Gasteiger partial charge in [-0.2, -0.15) is 4.98 Å². The highest BCUT2D eigenvalue weighted by atomic mass is 16.5. The van der Waals surface area contributed by atoms with Crippen molar-refractivity contribution >= 4 is 0 Å². The number of hydrogen-bond acceptors (Lipinski definition) is 4. The number of aromatic nitrogens is 2. The fraction of sp³-hybridized carbons (Fsp3) is 0.273. The van der Waals surface area contributed by atoms with Crippen molar-refractivity contribution in [3.8, 4) is 0 Å². The normalized spacial score (nSPS) is 12.6. The quantitative estimate of drug-likeness (QED) is 0.819. The lowest BCUT2D eigenvalue weighted by atomic mass is 10.1. The van der Waals surface area contributed by atoms with E-state index in [1.54, 1.807) is 0 Å². The van der Waals surface area contributed by atoms with E-state index in [0.29, 0.717) is 5.89 Å². The molecule has 0 bridgehead atoms. The molecule has 2 rings (SSSR count). The molecular formula is C11H13N3O. The third-order valence-electron chi connectivity index (χ3n) is 2.31. The summed E-state index contributed by atoms with van der Waals surface area (Å²) in [7, 11) is 1.89. The van der Waals surface area contributed by atoms with Gasteiger partial charge in [0.2, 0.25) is 5.89 Å². The van der Waals surface area contributed by atoms with Crippen LogP contribution in [0.25, 0.3) is 0 Å². The molecule has 0 amide bonds. The summed E-state index contributed by atoms with van der Waals surface area (Å²) in [6, 6.07) is 10.3. The fourth-order valence-electron chi connectivity index (χ4n) is 1.50. The molecule has 0 aliphatic heterocycles. The van der Waals surface area contributed by atoms with E-state index in [1.165, 1.54) is 11.9 Å². The summed E-state index contributed by atoms with van der Waals surface area (Å²) in [5.74, 6) is 0.626. The Labute approximate surface area is 88.3 Å². The molecule has 1 N–H and O–H groups in total. The summed E-state index contributed by atoms with van der Waals surface area (Å²) in [4.78, 5) is 4.04. The molecule has 15 heavy (non-hydrogen) atoms. The fourth-order valence-corrected chi connectivity index (χ4v) is 1.50. The van der Waals surface area contributed by atoms with Crippen LogP contribution in [0.2, 0.25) is 0 Å². The largest absolute Gasteiger partial charge is 0.338 e. The van der Waals surface area contributed by atoms with Crippen molar-refractivity contribution < 1.29 is 4.52 Å². The van der Waals surface area contributed by atoms with Crippen molar-refractivity contribution in [1.82, 2.24) is 15.5 Å². The number of nitrogens with one attached hydrogen (secondary N) is 1. The van der Waals surface area contributed by atoms with Gasteiger partial charge in [-0.3, -0.25) is 0 Å². The van der Waals surface area contributed by atoms with Crippen LogP contribution in [0.3, 0.4) is 0 Å². The van der Waals surface area contributed by atoms with E-state index < -0.39 is 0 Å². The van der Waals surface area contributed by atoms with Crippen LogP contribution in [-0.4, -0.2) is 17.2 Å². The molecule has 1 aromatic carbocycles. The molecular weight excluding hydrogens is 190 g/mol. The van der Waals surface area contributed by atoms with Gasteiger partial charge in [0.05, 0.1) is 6.04 Å². The molecule has 78 valence electrons. The zero-order valence-corrected chi connectivity index (χ0v) is 8.55. The molecule has 2 aromatic rings. The Kier molecular flexibility index (Phi) is 3.09. The van der Waals surface area contributed by atoms with Crippen molar-refractivity contribution in [2.75, 3.05) is 7.05 Å². The van der Waals surface area contributed by atoms with Crippen molar-refractivity contribution in [3.63, 3.8) is 0 Å². The highest BCUT2D eigenvalue weighted by molar-refractivity contribution is 5.16. The average Bonchev–Trinajstić information content (AvgIpc) is 2.81. The monoisotopic (exact) mass is 203 g/mol. The van der Waals surface area contributed by atoms with Crippen LogP contribution in [0.4, 0.5) is 0 Å². The van der Waals surface area contributed by atoms with Crippen LogP contribution in [0, 0.1) is 0 Å². The third kappa shape index (κ3) is 2.41. The molecule has 0 saturated heterocycles. The Balaban J connectivity index is 2.10. The lowest BCUT2D eigenvalue weighted by molar-refractivity contribution is 0.336. The molecule has 1 atom stereocenters. The number of benzene rings is 1. The van der Waals surface area contributed by atoms with Gasteiger partial charge in [-0.1, -0.05) is 35.5 Å². The predicted octanol–water partition coefficient (Wildman–Crippen LogP) is 1.57. The highest BCUT2D eigenvalue weighted by Crippen LogP contribution is 2.14. The van der Waals surface area contributed by atoms with E-state index in [1.807, 2.05) is 25.2 Å². The van der Waals surface area contributed by atoms with E-state index in [4.69, 9.17) is 4.52 Å². The first-order chi connectivity index (χ1) is 7.40. The maximum Gasteiger partial charge on any atom is 0.243 e. The van der Waals surface area contributed by atoms with Gasteiger partial charge < -0.3 is 9.84 Å². The number of nitrogens with zero attached hydrogens (tertiary/aromatic N) is 2. The molecule has 0 aliphatic carbocycles. The Morgan fingerprint density at radius 3 is 2.73 bits per heavy atom. The smallest absolute Gasteiger partial charge is 0.243 e. The molecule has 4 nitrogen and oxygen atoms in total. The first kappa shape index (κ1) is 9.86. The zero-order chi connectivity index (χ0) is 10.5. The predicted molar refractivity (Wildman–Crippen MR) is 56.2 cm³/mol. The van der Waals surface area contributed by atoms with Crippen molar-refractivity contribution in [3.05, 3.63) is 48.1 Å². The summed E-state index contributed by atoms with van der Waals surface area (Å²) >= 11 is 0. The molecule has 4 heteroatoms. The molecule has 0 aliphatic rings. The van der Waals surface area contributed by atoms with E-state index >= 15 is 0 Å². The van der Waals surface area contributed by atoms with E-state index in [2.05, 4.69) is 27.6 Å². The SMILES string of the molecule is CN[C@H](Cc1ccccc1)c1ncno1. The molecule has 0 radical (unpaired) electrons.